The number of rotatable bonds is 0. The summed E-state index contributed by atoms with van der Waals surface area (Å²) in [6.07, 6.45) is 0. The van der Waals surface area contributed by atoms with Crippen molar-refractivity contribution >= 4 is 593 Å². The second-order valence-corrected chi connectivity index (χ2v) is 5.25. The van der Waals surface area contributed by atoms with Gasteiger partial charge in [0, 0.05) is 64.2 Å². The summed E-state index contributed by atoms with van der Waals surface area (Å²) in [5, 5.41) is 0. The van der Waals surface area contributed by atoms with Crippen LogP contribution < -0.4 is 218 Å². The van der Waals surface area contributed by atoms with E-state index in [1.807, 2.05) is 0 Å². The normalized spacial score (nSPS) is 2.71. The summed E-state index contributed by atoms with van der Waals surface area (Å²) in [5.74, 6) is 0. The minimum Gasteiger partial charge on any atom is -1.00 e. The van der Waals surface area contributed by atoms with Gasteiger partial charge in [-0.1, -0.05) is 0 Å². The second kappa shape index (κ2) is 318. The van der Waals surface area contributed by atoms with Gasteiger partial charge in [-0.3, -0.25) is 0 Å². The molecule has 0 saturated heterocycles. The monoisotopic (exact) mass is 2010 g/mol. The fourth-order valence-electron chi connectivity index (χ4n) is 0. The molecule has 0 spiro atoms. The van der Waals surface area contributed by atoms with Crippen molar-refractivity contribution in [1.82, 2.24) is 0 Å². The Kier molecular flexibility index (Phi) is 1690. The zero-order chi connectivity index (χ0) is 25.0. The van der Waals surface area contributed by atoms with Gasteiger partial charge >= 0.3 is 647 Å². The summed E-state index contributed by atoms with van der Waals surface area (Å²) >= 11 is 0. The molecule has 0 rings (SSSR count). The van der Waals surface area contributed by atoms with Crippen LogP contribution >= 0.6 is 0 Å². The molecule has 0 heterocycles. The predicted octanol–water partition coefficient (Wildman–Crippen LogP) is -62.2. The van der Waals surface area contributed by atoms with Crippen molar-refractivity contribution in [2.24, 2.45) is 0 Å². The van der Waals surface area contributed by atoms with Gasteiger partial charge in [-0.05, 0) is 0 Å². The van der Waals surface area contributed by atoms with E-state index >= 15 is 0 Å². The third-order valence-electron chi connectivity index (χ3n) is 0. The van der Waals surface area contributed by atoms with Crippen LogP contribution in [-0.2, 0) is 31.2 Å². The first-order valence-electron chi connectivity index (χ1n) is 4.29. The van der Waals surface area contributed by atoms with Crippen LogP contribution in [0.3, 0.4) is 0 Å². The number of hydrogen-bond acceptors (Lipinski definition) is 28. The SMILES string of the molecule is O.O.O.O.O=[Si]([O-])[O-].O=[Si]([O-])[O-].O=[Si]([O-])[O-].O=[Si]([O-])[O-].O=[Si]([O-])[O-].O=[Si]([O-])[O-].O=[Si]([O-])[O-].[Ba+2].[Ba+2].[Ba+2].[Ba+2].[Ca+2].[Ca+2].[Ca+2].[Ca+2].[F-].[F-].[F-].[F-].[F-].[F-].[F-].[Na+].[Na+].[Na+].[Na+].[OH-].[OH-].[OH-].[OH-].[OH-].[OH-].[OH-].[Sr+2].[Sr+2].[Sr+2].[Sr+2]. The zero-order valence-corrected chi connectivity index (χ0v) is 87.8. The summed E-state index contributed by atoms with van der Waals surface area (Å²) in [4.78, 5) is 119. The maximum atomic E-state index is 8.52. The average molecular weight is 2010 g/mol. The van der Waals surface area contributed by atoms with Crippen molar-refractivity contribution in [2.75, 3.05) is 0 Å². The van der Waals surface area contributed by atoms with Crippen LogP contribution in [0.25, 0.3) is 0 Å². The molecule has 0 aliphatic heterocycles. The van der Waals surface area contributed by atoms with Crippen molar-refractivity contribution in [3.63, 3.8) is 0 Å². The minimum absolute atomic E-state index is 0. The topological polar surface area (TPSA) is 778 Å². The first-order chi connectivity index (χ1) is 12.1. The summed E-state index contributed by atoms with van der Waals surface area (Å²) in [6.45, 7) is 0. The Balaban J connectivity index is -0.00000000195. The van der Waals surface area contributed by atoms with Crippen molar-refractivity contribution in [3.8, 4) is 0 Å². The summed E-state index contributed by atoms with van der Waals surface area (Å²) in [6, 6.07) is 0. The molecular weight excluding hydrogens is 1990 g/mol. The van der Waals surface area contributed by atoms with E-state index in [4.69, 9.17) is 98.4 Å². The number of halogens is 7. The van der Waals surface area contributed by atoms with Crippen LogP contribution in [0.2, 0.25) is 0 Å². The van der Waals surface area contributed by atoms with E-state index in [2.05, 4.69) is 0 Å². The quantitative estimate of drug-likeness (QED) is 0.160. The first-order valence-corrected chi connectivity index (χ1v) is 12.9. The van der Waals surface area contributed by atoms with Crippen molar-refractivity contribution in [1.29, 1.82) is 0 Å². The van der Waals surface area contributed by atoms with Gasteiger partial charge in [-0.15, -0.1) is 0 Å². The largest absolute Gasteiger partial charge is 2.00 e. The molecule has 0 aliphatic rings. The van der Waals surface area contributed by atoms with Crippen LogP contribution in [-0.4, -0.2) is 653 Å². The van der Waals surface area contributed by atoms with Crippen molar-refractivity contribution in [2.45, 2.75) is 0 Å². The molecule has 0 amide bonds. The van der Waals surface area contributed by atoms with Crippen molar-refractivity contribution in [3.05, 3.63) is 0 Å². The van der Waals surface area contributed by atoms with E-state index in [-0.39, 0.29) is 740 Å². The molecule has 0 fully saturated rings. The van der Waals surface area contributed by atoms with Crippen LogP contribution in [0.4, 0.5) is 0 Å². The molecule has 0 radical (unpaired) electrons. The first kappa shape index (κ1) is 330. The van der Waals surface area contributed by atoms with E-state index in [1.165, 1.54) is 0 Å². The van der Waals surface area contributed by atoms with E-state index in [0.717, 1.165) is 0 Å². The van der Waals surface area contributed by atoms with Gasteiger partial charge in [0.05, 0.1) is 0 Å². The molecular formula is H15Ba4Ca4F7Na4O32Si7Sr4. The van der Waals surface area contributed by atoms with Gasteiger partial charge < -0.3 is 192 Å². The Bertz CT molecular complexity index is 417. The third-order valence-corrected chi connectivity index (χ3v) is 0. The molecule has 62 heavy (non-hydrogen) atoms. The molecule has 0 saturated carbocycles. The second-order valence-electron chi connectivity index (χ2n) is 1.75. The zero-order valence-electron chi connectivity index (χ0n) is 32.3. The average Bonchev–Trinajstić information content (AvgIpc) is 2.20. The molecule has 0 aromatic carbocycles. The molecule has 0 bridgehead atoms. The number of hydrogen-bond donors (Lipinski definition) is 0. The van der Waals surface area contributed by atoms with Crippen molar-refractivity contribution < 1.29 is 310 Å². The molecule has 0 atom stereocenters. The summed E-state index contributed by atoms with van der Waals surface area (Å²) in [7, 11) is -25.4. The maximum Gasteiger partial charge on any atom is 2.00 e. The van der Waals surface area contributed by atoms with Gasteiger partial charge in [-0.25, -0.2) is 0 Å². The Hall–Kier alpha value is 17.6. The van der Waals surface area contributed by atoms with E-state index in [0.29, 0.717) is 0 Å². The molecule has 32 nitrogen and oxygen atoms in total. The predicted molar refractivity (Wildman–Crippen MR) is 142 cm³/mol. The van der Waals surface area contributed by atoms with Crippen LogP contribution in [0.15, 0.2) is 0 Å². The van der Waals surface area contributed by atoms with E-state index < -0.39 is 64.2 Å². The molecule has 0 unspecified atom stereocenters. The van der Waals surface area contributed by atoms with E-state index in [1.54, 1.807) is 0 Å². The molecule has 62 heteroatoms. The Morgan fingerprint density at radius 1 is 0.210 bits per heavy atom. The fourth-order valence-corrected chi connectivity index (χ4v) is 0. The molecule has 0 aromatic heterocycles. The summed E-state index contributed by atoms with van der Waals surface area (Å²) < 4.78 is 59.6. The Morgan fingerprint density at radius 2 is 0.210 bits per heavy atom. The fraction of sp³-hybridized carbons (Fsp3) is 0. The third kappa shape index (κ3) is 1470. The van der Waals surface area contributed by atoms with Gasteiger partial charge in [-0.2, -0.15) is 0 Å². The van der Waals surface area contributed by atoms with E-state index in [9.17, 15) is 0 Å². The molecule has 15 N–H and O–H groups in total. The minimum atomic E-state index is -3.63. The van der Waals surface area contributed by atoms with Gasteiger partial charge in [0.25, 0.3) is 0 Å². The van der Waals surface area contributed by atoms with Gasteiger partial charge in [0.2, 0.25) is 0 Å². The molecule has 0 aromatic rings. The van der Waals surface area contributed by atoms with Crippen LogP contribution in [0.5, 0.6) is 0 Å². The standard InChI is InChI=1S/4Ba.4Ca.7FH.4Na.7O3Si.11H2O.4Sr/c;;;;;;;;;;;;;;;;;;;7*1-4(2)3;;;;;;;;;;;;;;;/h;;;;;;;;7*1H;;;;;;;;;;;;11*1H2;;;;/q8*+2;;;;;;;;4*+1;7*-2;;;;;;;;;;;;4*+2/p-14. The Labute approximate surface area is 874 Å². The smallest absolute Gasteiger partial charge is 1.00 e. The van der Waals surface area contributed by atoms with Crippen LogP contribution in [0, 0.1) is 0 Å². The molecule has 312 valence electrons. The van der Waals surface area contributed by atoms with Crippen LogP contribution in [0.1, 0.15) is 0 Å². The maximum absolute atomic E-state index is 8.52. The van der Waals surface area contributed by atoms with Gasteiger partial charge in [0.1, 0.15) is 0 Å². The summed E-state index contributed by atoms with van der Waals surface area (Å²) in [5.41, 5.74) is 0. The Morgan fingerprint density at radius 3 is 0.210 bits per heavy atom. The van der Waals surface area contributed by atoms with Gasteiger partial charge in [0.15, 0.2) is 0 Å². The molecule has 0 aliphatic carbocycles.